The maximum atomic E-state index is 12.4. The Kier molecular flexibility index (Phi) is 8.17. The van der Waals surface area contributed by atoms with Gasteiger partial charge < -0.3 is 20.1 Å². The second kappa shape index (κ2) is 10.8. The monoisotopic (exact) mass is 410 g/mol. The highest BCUT2D eigenvalue weighted by Crippen LogP contribution is 2.17. The highest BCUT2D eigenvalue weighted by Gasteiger charge is 2.09. The van der Waals surface area contributed by atoms with Gasteiger partial charge in [-0.1, -0.05) is 19.4 Å². The number of hydrogen-bond acceptors (Lipinski definition) is 5. The number of anilines is 2. The molecule has 0 aliphatic heterocycles. The molecule has 7 heteroatoms. The third-order valence-electron chi connectivity index (χ3n) is 4.26. The first-order valence-electron chi connectivity index (χ1n) is 9.63. The van der Waals surface area contributed by atoms with Crippen LogP contribution in [0.4, 0.5) is 16.2 Å². The van der Waals surface area contributed by atoms with Gasteiger partial charge in [0.15, 0.2) is 0 Å². The van der Waals surface area contributed by atoms with Crippen molar-refractivity contribution in [3.05, 3.63) is 65.7 Å². The van der Waals surface area contributed by atoms with Crippen LogP contribution in [-0.2, 0) is 9.53 Å². The molecule has 0 saturated carbocycles. The molecule has 0 atom stereocenters. The van der Waals surface area contributed by atoms with Crippen molar-refractivity contribution in [1.82, 2.24) is 0 Å². The van der Waals surface area contributed by atoms with Gasteiger partial charge in [-0.05, 0) is 68.3 Å². The summed E-state index contributed by atoms with van der Waals surface area (Å²) in [5.41, 5.74) is 2.61. The molecule has 2 N–H and O–H groups in total. The number of allylic oxidation sites excluding steroid dienone is 1. The number of carbonyl (C=O) groups is 3. The van der Waals surface area contributed by atoms with Crippen molar-refractivity contribution < 1.29 is 23.9 Å². The second-order valence-corrected chi connectivity index (χ2v) is 6.87. The van der Waals surface area contributed by atoms with Crippen LogP contribution in [0.25, 0.3) is 0 Å². The number of hydrogen-bond donors (Lipinski definition) is 2. The van der Waals surface area contributed by atoms with Gasteiger partial charge in [0, 0.05) is 23.0 Å². The molecule has 2 rings (SSSR count). The molecule has 7 nitrogen and oxygen atoms in total. The summed E-state index contributed by atoms with van der Waals surface area (Å²) in [7, 11) is 0. The molecule has 2 aromatic carbocycles. The summed E-state index contributed by atoms with van der Waals surface area (Å²) in [5.74, 6) is 0.0825. The van der Waals surface area contributed by atoms with Crippen LogP contribution in [0.3, 0.4) is 0 Å². The Morgan fingerprint density at radius 3 is 2.03 bits per heavy atom. The average Bonchev–Trinajstić information content (AvgIpc) is 2.70. The van der Waals surface area contributed by atoms with Crippen LogP contribution < -0.4 is 15.4 Å². The van der Waals surface area contributed by atoms with E-state index in [0.717, 1.165) is 5.57 Å². The molecule has 0 radical (unpaired) electrons. The van der Waals surface area contributed by atoms with Gasteiger partial charge in [0.2, 0.25) is 5.91 Å². The van der Waals surface area contributed by atoms with E-state index in [1.807, 2.05) is 20.8 Å². The van der Waals surface area contributed by atoms with Crippen LogP contribution in [0.2, 0.25) is 0 Å². The first-order valence-corrected chi connectivity index (χ1v) is 9.63. The Morgan fingerprint density at radius 2 is 1.50 bits per heavy atom. The topological polar surface area (TPSA) is 93.7 Å². The lowest BCUT2D eigenvalue weighted by atomic mass is 10.1. The molecule has 2 amide bonds. The number of rotatable bonds is 7. The third-order valence-corrected chi connectivity index (χ3v) is 4.26. The summed E-state index contributed by atoms with van der Waals surface area (Å²) in [6.45, 7) is 7.86. The van der Waals surface area contributed by atoms with Gasteiger partial charge in [-0.25, -0.2) is 4.79 Å². The maximum Gasteiger partial charge on any atom is 0.513 e. The van der Waals surface area contributed by atoms with Gasteiger partial charge in [0.25, 0.3) is 5.91 Å². The Balaban J connectivity index is 1.93. The van der Waals surface area contributed by atoms with E-state index in [0.29, 0.717) is 22.9 Å². The van der Waals surface area contributed by atoms with Crippen LogP contribution in [0.1, 0.15) is 38.1 Å². The van der Waals surface area contributed by atoms with Gasteiger partial charge in [0.1, 0.15) is 5.75 Å². The highest BCUT2D eigenvalue weighted by atomic mass is 16.7. The number of nitrogens with one attached hydrogen (secondary N) is 2. The van der Waals surface area contributed by atoms with E-state index < -0.39 is 6.16 Å². The Morgan fingerprint density at radius 1 is 0.933 bits per heavy atom. The van der Waals surface area contributed by atoms with Crippen molar-refractivity contribution in [3.63, 3.8) is 0 Å². The molecule has 30 heavy (non-hydrogen) atoms. The van der Waals surface area contributed by atoms with Crippen LogP contribution in [0.15, 0.2) is 60.2 Å². The molecule has 0 aromatic heterocycles. The quantitative estimate of drug-likeness (QED) is 0.380. The third kappa shape index (κ3) is 7.09. The predicted molar refractivity (Wildman–Crippen MR) is 116 cm³/mol. The highest BCUT2D eigenvalue weighted by molar-refractivity contribution is 6.04. The van der Waals surface area contributed by atoms with Crippen molar-refractivity contribution >= 4 is 29.3 Å². The smallest absolute Gasteiger partial charge is 0.434 e. The Labute approximate surface area is 176 Å². The molecule has 0 aliphatic carbocycles. The molecular formula is C23H26N2O5. The van der Waals surface area contributed by atoms with Crippen LogP contribution in [0.5, 0.6) is 5.75 Å². The van der Waals surface area contributed by atoms with Crippen molar-refractivity contribution in [2.75, 3.05) is 17.2 Å². The minimum atomic E-state index is -0.795. The van der Waals surface area contributed by atoms with E-state index in [9.17, 15) is 14.4 Å². The fraction of sp³-hybridized carbons (Fsp3) is 0.261. The summed E-state index contributed by atoms with van der Waals surface area (Å²) < 4.78 is 9.65. The van der Waals surface area contributed by atoms with E-state index in [-0.39, 0.29) is 24.2 Å². The van der Waals surface area contributed by atoms with Crippen LogP contribution in [0, 0.1) is 5.92 Å². The zero-order chi connectivity index (χ0) is 22.1. The first kappa shape index (κ1) is 22.7. The van der Waals surface area contributed by atoms with Crippen LogP contribution >= 0.6 is 0 Å². The van der Waals surface area contributed by atoms with Gasteiger partial charge in [-0.2, -0.15) is 0 Å². The second-order valence-electron chi connectivity index (χ2n) is 6.87. The van der Waals surface area contributed by atoms with Crippen molar-refractivity contribution in [3.8, 4) is 5.75 Å². The molecule has 0 bridgehead atoms. The Hall–Kier alpha value is -3.61. The molecule has 0 unspecified atom stereocenters. The van der Waals surface area contributed by atoms with Gasteiger partial charge in [-0.15, -0.1) is 0 Å². The van der Waals surface area contributed by atoms with Gasteiger partial charge in [0.05, 0.1) is 6.61 Å². The number of benzene rings is 2. The zero-order valence-corrected chi connectivity index (χ0v) is 17.5. The lowest BCUT2D eigenvalue weighted by Gasteiger charge is -2.09. The van der Waals surface area contributed by atoms with Crippen molar-refractivity contribution in [1.29, 1.82) is 0 Å². The van der Waals surface area contributed by atoms with Crippen molar-refractivity contribution in [2.24, 2.45) is 5.92 Å². The zero-order valence-electron chi connectivity index (χ0n) is 17.5. The van der Waals surface area contributed by atoms with E-state index in [1.54, 1.807) is 49.4 Å². The molecule has 0 fully saturated rings. The molecule has 158 valence electrons. The fourth-order valence-electron chi connectivity index (χ4n) is 2.31. The number of amides is 2. The van der Waals surface area contributed by atoms with E-state index in [2.05, 4.69) is 10.6 Å². The minimum Gasteiger partial charge on any atom is -0.434 e. The molecule has 0 aliphatic rings. The van der Waals surface area contributed by atoms with Gasteiger partial charge in [-0.3, -0.25) is 9.59 Å². The van der Waals surface area contributed by atoms with Crippen molar-refractivity contribution in [2.45, 2.75) is 27.7 Å². The lowest BCUT2D eigenvalue weighted by molar-refractivity contribution is -0.112. The Bertz CT molecular complexity index is 916. The van der Waals surface area contributed by atoms with E-state index in [4.69, 9.17) is 9.47 Å². The summed E-state index contributed by atoms with van der Waals surface area (Å²) in [6.07, 6.45) is 0.784. The first-order chi connectivity index (χ1) is 14.3. The van der Waals surface area contributed by atoms with Gasteiger partial charge >= 0.3 is 6.16 Å². The van der Waals surface area contributed by atoms with E-state index >= 15 is 0 Å². The molecule has 0 saturated heterocycles. The lowest BCUT2D eigenvalue weighted by Crippen LogP contribution is -2.13. The summed E-state index contributed by atoms with van der Waals surface area (Å²) in [4.78, 5) is 35.7. The average molecular weight is 410 g/mol. The largest absolute Gasteiger partial charge is 0.513 e. The summed E-state index contributed by atoms with van der Waals surface area (Å²) >= 11 is 0. The molecule has 2 aromatic rings. The predicted octanol–water partition coefficient (Wildman–Crippen LogP) is 5.02. The van der Waals surface area contributed by atoms with Crippen LogP contribution in [-0.4, -0.2) is 24.6 Å². The fourth-order valence-corrected chi connectivity index (χ4v) is 2.31. The summed E-state index contributed by atoms with van der Waals surface area (Å²) in [6, 6.07) is 12.9. The standard InChI is InChI=1S/C23H26N2O5/c1-5-29-23(28)30-20-12-6-17(7-13-20)22(27)25-19-10-8-18(9-11-19)24-21(26)14-16(4)15(2)3/h6-15H,5H2,1-4H3,(H,24,26)(H,25,27)/b16-14+. The number of ether oxygens (including phenoxy) is 2. The molecular weight excluding hydrogens is 384 g/mol. The number of carbonyl (C=O) groups excluding carboxylic acids is 3. The minimum absolute atomic E-state index is 0.192. The molecule has 0 heterocycles. The SMILES string of the molecule is CCOC(=O)Oc1ccc(C(=O)Nc2ccc(NC(=O)/C=C(\C)C(C)C)cc2)cc1. The molecule has 0 spiro atoms. The maximum absolute atomic E-state index is 12.4. The normalized spacial score (nSPS) is 11.0. The summed E-state index contributed by atoms with van der Waals surface area (Å²) in [5, 5.41) is 5.56. The van der Waals surface area contributed by atoms with E-state index in [1.165, 1.54) is 12.1 Å².